The fourth-order valence-electron chi connectivity index (χ4n) is 3.87. The molecule has 142 valence electrons. The smallest absolute Gasteiger partial charge is 0.230 e. The first-order chi connectivity index (χ1) is 12.3. The zero-order chi connectivity index (χ0) is 18.9. The van der Waals surface area contributed by atoms with E-state index in [0.717, 1.165) is 18.6 Å². The van der Waals surface area contributed by atoms with E-state index in [0.29, 0.717) is 31.5 Å². The van der Waals surface area contributed by atoms with Gasteiger partial charge in [0.1, 0.15) is 0 Å². The van der Waals surface area contributed by atoms with Gasteiger partial charge in [0.05, 0.1) is 11.2 Å². The number of sulfonamides is 1. The lowest BCUT2D eigenvalue weighted by Crippen LogP contribution is -2.50. The van der Waals surface area contributed by atoms with Gasteiger partial charge in [0.25, 0.3) is 0 Å². The van der Waals surface area contributed by atoms with Gasteiger partial charge in [-0.1, -0.05) is 12.1 Å². The fraction of sp³-hybridized carbons (Fsp3) is 0.500. The maximum absolute atomic E-state index is 13.4. The average Bonchev–Trinajstić information content (AvgIpc) is 3.01. The zero-order valence-electron chi connectivity index (χ0n) is 14.5. The maximum Gasteiger partial charge on any atom is 0.230 e. The molecule has 1 amide bonds. The van der Waals surface area contributed by atoms with Gasteiger partial charge >= 0.3 is 0 Å². The molecule has 0 unspecified atom stereocenters. The number of hydrogen-bond donors (Lipinski definition) is 0. The molecule has 0 saturated carbocycles. The third kappa shape index (κ3) is 3.53. The average molecular weight is 384 g/mol. The van der Waals surface area contributed by atoms with Crippen LogP contribution >= 0.6 is 0 Å². The van der Waals surface area contributed by atoms with Gasteiger partial charge in [0, 0.05) is 26.2 Å². The summed E-state index contributed by atoms with van der Waals surface area (Å²) in [5.74, 6) is -2.11. The molecular formula is C18H22F2N2O3S. The molecule has 3 rings (SSSR count). The number of benzene rings is 1. The molecule has 1 aromatic rings. The SMILES string of the molecule is C=CCS(=O)(=O)N1CC[C@]2(CCCN(Cc3ccc(F)c(F)c3)C2=O)C1. The topological polar surface area (TPSA) is 57.7 Å². The first kappa shape index (κ1) is 19.0. The Hall–Kier alpha value is -1.80. The summed E-state index contributed by atoms with van der Waals surface area (Å²) >= 11 is 0. The van der Waals surface area contributed by atoms with Crippen molar-refractivity contribution in [3.8, 4) is 0 Å². The highest BCUT2D eigenvalue weighted by atomic mass is 32.2. The highest BCUT2D eigenvalue weighted by molar-refractivity contribution is 7.89. The molecular weight excluding hydrogens is 362 g/mol. The Kier molecular flexibility index (Phi) is 5.16. The van der Waals surface area contributed by atoms with Crippen molar-refractivity contribution in [2.45, 2.75) is 25.8 Å². The molecule has 26 heavy (non-hydrogen) atoms. The number of likely N-dealkylation sites (tertiary alicyclic amines) is 1. The van der Waals surface area contributed by atoms with Crippen LogP contribution in [0, 0.1) is 17.0 Å². The van der Waals surface area contributed by atoms with Crippen LogP contribution in [-0.2, 0) is 21.4 Å². The standard InChI is InChI=1S/C18H22F2N2O3S/c1-2-10-26(24,25)22-9-7-18(13-22)6-3-8-21(17(18)23)12-14-4-5-15(19)16(20)11-14/h2,4-5,11H,1,3,6-10,12-13H2/t18-/m1/s1. The molecule has 0 radical (unpaired) electrons. The summed E-state index contributed by atoms with van der Waals surface area (Å²) in [6, 6.07) is 3.61. The van der Waals surface area contributed by atoms with Gasteiger partial charge in [-0.15, -0.1) is 6.58 Å². The van der Waals surface area contributed by atoms with Gasteiger partial charge in [-0.3, -0.25) is 4.79 Å². The van der Waals surface area contributed by atoms with Gasteiger partial charge in [0.2, 0.25) is 15.9 Å². The van der Waals surface area contributed by atoms with E-state index < -0.39 is 27.1 Å². The van der Waals surface area contributed by atoms with E-state index in [-0.39, 0.29) is 24.7 Å². The molecule has 1 atom stereocenters. The number of nitrogens with zero attached hydrogens (tertiary/aromatic N) is 2. The molecule has 1 spiro atoms. The first-order valence-electron chi connectivity index (χ1n) is 8.59. The van der Waals surface area contributed by atoms with Crippen molar-refractivity contribution in [1.29, 1.82) is 0 Å². The second-order valence-corrected chi connectivity index (χ2v) is 9.02. The van der Waals surface area contributed by atoms with E-state index in [1.54, 1.807) is 4.90 Å². The summed E-state index contributed by atoms with van der Waals surface area (Å²) in [5, 5.41) is 0. The number of halogens is 2. The number of hydrogen-bond acceptors (Lipinski definition) is 3. The van der Waals surface area contributed by atoms with Crippen LogP contribution in [0.3, 0.4) is 0 Å². The fourth-order valence-corrected chi connectivity index (χ4v) is 5.19. The number of amides is 1. The Morgan fingerprint density at radius 2 is 1.96 bits per heavy atom. The van der Waals surface area contributed by atoms with Crippen LogP contribution in [0.15, 0.2) is 30.9 Å². The van der Waals surface area contributed by atoms with E-state index in [1.807, 2.05) is 0 Å². The van der Waals surface area contributed by atoms with E-state index in [2.05, 4.69) is 6.58 Å². The van der Waals surface area contributed by atoms with Crippen LogP contribution in [0.2, 0.25) is 0 Å². The van der Waals surface area contributed by atoms with Crippen LogP contribution in [0.4, 0.5) is 8.78 Å². The monoisotopic (exact) mass is 384 g/mol. The molecule has 0 aromatic heterocycles. The second-order valence-electron chi connectivity index (χ2n) is 7.01. The highest BCUT2D eigenvalue weighted by Gasteiger charge is 2.50. The van der Waals surface area contributed by atoms with Crippen molar-refractivity contribution in [2.24, 2.45) is 5.41 Å². The van der Waals surface area contributed by atoms with Crippen LogP contribution in [0.25, 0.3) is 0 Å². The van der Waals surface area contributed by atoms with E-state index in [4.69, 9.17) is 0 Å². The highest BCUT2D eigenvalue weighted by Crippen LogP contribution is 2.41. The molecule has 2 fully saturated rings. The third-order valence-corrected chi connectivity index (χ3v) is 6.98. The molecule has 0 bridgehead atoms. The Labute approximate surface area is 152 Å². The van der Waals surface area contributed by atoms with Crippen molar-refractivity contribution in [3.63, 3.8) is 0 Å². The largest absolute Gasteiger partial charge is 0.338 e. The molecule has 1 aromatic carbocycles. The van der Waals surface area contributed by atoms with Crippen molar-refractivity contribution in [2.75, 3.05) is 25.4 Å². The Bertz CT molecular complexity index is 828. The Balaban J connectivity index is 1.75. The molecule has 0 aliphatic carbocycles. The Morgan fingerprint density at radius 1 is 1.19 bits per heavy atom. The minimum atomic E-state index is -3.44. The lowest BCUT2D eigenvalue weighted by molar-refractivity contribution is -0.146. The predicted octanol–water partition coefficient (Wildman–Crippen LogP) is 2.30. The van der Waals surface area contributed by atoms with Gasteiger partial charge in [0.15, 0.2) is 11.6 Å². The molecule has 8 heteroatoms. The van der Waals surface area contributed by atoms with Crippen molar-refractivity contribution >= 4 is 15.9 Å². The number of carbonyl (C=O) groups excluding carboxylic acids is 1. The predicted molar refractivity (Wildman–Crippen MR) is 93.6 cm³/mol. The number of piperidine rings is 1. The van der Waals surface area contributed by atoms with Gasteiger partial charge in [-0.2, -0.15) is 0 Å². The molecule has 5 nitrogen and oxygen atoms in total. The van der Waals surface area contributed by atoms with Crippen LogP contribution in [0.1, 0.15) is 24.8 Å². The van der Waals surface area contributed by atoms with E-state index in [9.17, 15) is 22.0 Å². The number of carbonyl (C=O) groups is 1. The van der Waals surface area contributed by atoms with Crippen LogP contribution < -0.4 is 0 Å². The summed E-state index contributed by atoms with van der Waals surface area (Å²) in [7, 11) is -3.44. The minimum absolute atomic E-state index is 0.107. The number of rotatable bonds is 5. The lowest BCUT2D eigenvalue weighted by Gasteiger charge is -2.39. The quantitative estimate of drug-likeness (QED) is 0.732. The lowest BCUT2D eigenvalue weighted by atomic mass is 9.78. The van der Waals surface area contributed by atoms with Gasteiger partial charge in [-0.05, 0) is 37.0 Å². The summed E-state index contributed by atoms with van der Waals surface area (Å²) in [6.07, 6.45) is 3.22. The Morgan fingerprint density at radius 3 is 2.65 bits per heavy atom. The van der Waals surface area contributed by atoms with Crippen molar-refractivity contribution in [3.05, 3.63) is 48.1 Å². The summed E-state index contributed by atoms with van der Waals surface area (Å²) in [4.78, 5) is 14.7. The molecule has 2 aliphatic heterocycles. The summed E-state index contributed by atoms with van der Waals surface area (Å²) < 4.78 is 52.4. The van der Waals surface area contributed by atoms with Crippen molar-refractivity contribution < 1.29 is 22.0 Å². The van der Waals surface area contributed by atoms with Gasteiger partial charge in [-0.25, -0.2) is 21.5 Å². The van der Waals surface area contributed by atoms with Gasteiger partial charge < -0.3 is 4.90 Å². The summed E-state index contributed by atoms with van der Waals surface area (Å²) in [5.41, 5.74) is -0.200. The van der Waals surface area contributed by atoms with E-state index >= 15 is 0 Å². The summed E-state index contributed by atoms with van der Waals surface area (Å²) in [6.45, 7) is 4.69. The zero-order valence-corrected chi connectivity index (χ0v) is 15.3. The molecule has 2 saturated heterocycles. The van der Waals surface area contributed by atoms with Crippen LogP contribution in [0.5, 0.6) is 0 Å². The van der Waals surface area contributed by atoms with E-state index in [1.165, 1.54) is 16.4 Å². The molecule has 0 N–H and O–H groups in total. The van der Waals surface area contributed by atoms with Crippen LogP contribution in [-0.4, -0.2) is 48.9 Å². The molecule has 2 aliphatic rings. The van der Waals surface area contributed by atoms with Crippen molar-refractivity contribution in [1.82, 2.24) is 9.21 Å². The third-order valence-electron chi connectivity index (χ3n) is 5.22. The minimum Gasteiger partial charge on any atom is -0.338 e. The second kappa shape index (κ2) is 7.08. The maximum atomic E-state index is 13.4. The normalized spacial score (nSPS) is 24.4. The molecule has 2 heterocycles. The first-order valence-corrected chi connectivity index (χ1v) is 10.2.